The highest BCUT2D eigenvalue weighted by Crippen LogP contribution is 2.39. The quantitative estimate of drug-likeness (QED) is 0.865. The maximum absolute atomic E-state index is 12.9. The maximum atomic E-state index is 12.9. The van der Waals surface area contributed by atoms with E-state index in [1.54, 1.807) is 4.90 Å². The monoisotopic (exact) mass is 326 g/mol. The summed E-state index contributed by atoms with van der Waals surface area (Å²) >= 11 is 0. The second kappa shape index (κ2) is 6.15. The van der Waals surface area contributed by atoms with E-state index in [0.717, 1.165) is 17.9 Å². The average molecular weight is 326 g/mol. The van der Waals surface area contributed by atoms with Crippen LogP contribution in [0.1, 0.15) is 12.8 Å². The molecule has 1 saturated carbocycles. The van der Waals surface area contributed by atoms with Gasteiger partial charge in [0, 0.05) is 19.1 Å². The van der Waals surface area contributed by atoms with Crippen molar-refractivity contribution in [1.82, 2.24) is 0 Å². The third-order valence-corrected chi connectivity index (χ3v) is 4.51. The van der Waals surface area contributed by atoms with E-state index >= 15 is 0 Å². The summed E-state index contributed by atoms with van der Waals surface area (Å²) in [6.07, 6.45) is 2.46. The smallest absolute Gasteiger partial charge is 0.265 e. The molecule has 4 nitrogen and oxygen atoms in total. The number of carbonyl (C=O) groups excluding carboxylic acids is 1. The van der Waals surface area contributed by atoms with Gasteiger partial charge in [0.25, 0.3) is 5.91 Å². The Balaban J connectivity index is 1.48. The van der Waals surface area contributed by atoms with Crippen molar-refractivity contribution in [2.75, 3.05) is 29.5 Å². The molecule has 0 saturated heterocycles. The van der Waals surface area contributed by atoms with E-state index < -0.39 is 0 Å². The highest BCUT2D eigenvalue weighted by Gasteiger charge is 2.35. The summed E-state index contributed by atoms with van der Waals surface area (Å²) in [6, 6.07) is 14.4. The molecule has 1 heterocycles. The van der Waals surface area contributed by atoms with Crippen molar-refractivity contribution >= 4 is 17.3 Å². The Labute approximate surface area is 140 Å². The average Bonchev–Trinajstić information content (AvgIpc) is 3.45. The molecule has 0 radical (unpaired) electrons. The van der Waals surface area contributed by atoms with E-state index in [2.05, 4.69) is 11.0 Å². The molecule has 1 aliphatic carbocycles. The number of amides is 1. The third kappa shape index (κ3) is 2.94. The molecule has 1 fully saturated rings. The molecular weight excluding hydrogens is 307 g/mol. The lowest BCUT2D eigenvalue weighted by molar-refractivity contribution is -0.120. The lowest BCUT2D eigenvalue weighted by atomic mass is 10.1. The summed E-state index contributed by atoms with van der Waals surface area (Å²) in [6.45, 7) is 1.46. The van der Waals surface area contributed by atoms with Crippen LogP contribution in [-0.2, 0) is 4.79 Å². The van der Waals surface area contributed by atoms with Gasteiger partial charge in [-0.2, -0.15) is 0 Å². The molecule has 24 heavy (non-hydrogen) atoms. The number of halogens is 1. The lowest BCUT2D eigenvalue weighted by Crippen LogP contribution is -2.46. The number of fused-ring (bicyclic) bond motifs is 1. The number of carbonyl (C=O) groups is 1. The van der Waals surface area contributed by atoms with Crippen LogP contribution in [0, 0.1) is 5.82 Å². The summed E-state index contributed by atoms with van der Waals surface area (Å²) < 4.78 is 18.4. The first-order valence-corrected chi connectivity index (χ1v) is 8.27. The van der Waals surface area contributed by atoms with Crippen LogP contribution in [-0.4, -0.2) is 31.6 Å². The van der Waals surface area contributed by atoms with Gasteiger partial charge in [-0.3, -0.25) is 4.79 Å². The van der Waals surface area contributed by atoms with Crippen LogP contribution in [0.2, 0.25) is 0 Å². The second-order valence-corrected chi connectivity index (χ2v) is 6.20. The van der Waals surface area contributed by atoms with Gasteiger partial charge in [-0.25, -0.2) is 4.39 Å². The Morgan fingerprint density at radius 1 is 1.04 bits per heavy atom. The fraction of sp³-hybridized carbons (Fsp3) is 0.316. The van der Waals surface area contributed by atoms with Gasteiger partial charge in [-0.15, -0.1) is 0 Å². The Morgan fingerprint density at radius 3 is 2.46 bits per heavy atom. The molecule has 124 valence electrons. The summed E-state index contributed by atoms with van der Waals surface area (Å²) in [7, 11) is 0. The number of para-hydroxylation sites is 2. The molecule has 0 atom stereocenters. The number of hydrogen-bond donors (Lipinski definition) is 0. The van der Waals surface area contributed by atoms with E-state index in [9.17, 15) is 9.18 Å². The Bertz CT molecular complexity index is 743. The number of anilines is 2. The minimum absolute atomic E-state index is 0.0522. The zero-order valence-electron chi connectivity index (χ0n) is 13.3. The van der Waals surface area contributed by atoms with Crippen LogP contribution in [0.5, 0.6) is 5.75 Å². The number of ether oxygens (including phenoxy) is 1. The van der Waals surface area contributed by atoms with Crippen LogP contribution in [0.25, 0.3) is 0 Å². The van der Waals surface area contributed by atoms with Crippen molar-refractivity contribution < 1.29 is 13.9 Å². The van der Waals surface area contributed by atoms with E-state index in [-0.39, 0.29) is 18.3 Å². The number of nitrogens with zero attached hydrogens (tertiary/aromatic N) is 2. The van der Waals surface area contributed by atoms with Gasteiger partial charge in [0.05, 0.1) is 11.4 Å². The molecule has 0 unspecified atom stereocenters. The number of rotatable bonds is 4. The van der Waals surface area contributed by atoms with Gasteiger partial charge < -0.3 is 14.5 Å². The fourth-order valence-electron chi connectivity index (χ4n) is 3.16. The number of benzene rings is 2. The zero-order valence-corrected chi connectivity index (χ0v) is 13.3. The molecular formula is C19H19FN2O2. The van der Waals surface area contributed by atoms with E-state index in [1.807, 2.05) is 18.2 Å². The molecule has 5 heteroatoms. The highest BCUT2D eigenvalue weighted by atomic mass is 19.1. The van der Waals surface area contributed by atoms with Gasteiger partial charge >= 0.3 is 0 Å². The second-order valence-electron chi connectivity index (χ2n) is 6.20. The third-order valence-electron chi connectivity index (χ3n) is 4.51. The predicted octanol–water partition coefficient (Wildman–Crippen LogP) is 3.22. The Kier molecular flexibility index (Phi) is 3.84. The van der Waals surface area contributed by atoms with E-state index in [0.29, 0.717) is 18.3 Å². The van der Waals surface area contributed by atoms with Crippen molar-refractivity contribution in [2.24, 2.45) is 0 Å². The van der Waals surface area contributed by atoms with Crippen molar-refractivity contribution in [1.29, 1.82) is 0 Å². The fourth-order valence-corrected chi connectivity index (χ4v) is 3.16. The topological polar surface area (TPSA) is 32.8 Å². The van der Waals surface area contributed by atoms with Crippen LogP contribution in [0.3, 0.4) is 0 Å². The Hall–Kier alpha value is -2.56. The first kappa shape index (κ1) is 15.0. The molecule has 2 aromatic rings. The minimum Gasteiger partial charge on any atom is -0.484 e. The molecule has 0 spiro atoms. The van der Waals surface area contributed by atoms with E-state index in [1.165, 1.54) is 37.1 Å². The first-order chi connectivity index (χ1) is 11.7. The zero-order chi connectivity index (χ0) is 16.5. The summed E-state index contributed by atoms with van der Waals surface area (Å²) in [5, 5.41) is 0. The molecule has 0 bridgehead atoms. The minimum atomic E-state index is -0.321. The summed E-state index contributed by atoms with van der Waals surface area (Å²) in [5.41, 5.74) is 2.07. The molecule has 0 aromatic heterocycles. The van der Waals surface area contributed by atoms with Gasteiger partial charge in [-0.1, -0.05) is 12.1 Å². The molecule has 2 aromatic carbocycles. The van der Waals surface area contributed by atoms with Crippen LogP contribution < -0.4 is 14.5 Å². The van der Waals surface area contributed by atoms with Crippen molar-refractivity contribution in [3.05, 3.63) is 54.3 Å². The molecule has 4 rings (SSSR count). The summed E-state index contributed by atoms with van der Waals surface area (Å²) in [4.78, 5) is 16.8. The highest BCUT2D eigenvalue weighted by molar-refractivity contribution is 5.98. The molecule has 1 aliphatic heterocycles. The standard InChI is InChI=1S/C19H19FN2O2/c20-14-5-9-16(10-6-14)24-13-19(23)22-12-11-21(15-7-8-15)17-3-1-2-4-18(17)22/h1-6,9-10,15H,7-8,11-13H2. The molecule has 0 N–H and O–H groups in total. The van der Waals surface area contributed by atoms with Gasteiger partial charge in [0.2, 0.25) is 0 Å². The predicted molar refractivity (Wildman–Crippen MR) is 91.1 cm³/mol. The van der Waals surface area contributed by atoms with Crippen LogP contribution in [0.15, 0.2) is 48.5 Å². The Morgan fingerprint density at radius 2 is 1.75 bits per heavy atom. The first-order valence-electron chi connectivity index (χ1n) is 8.27. The lowest BCUT2D eigenvalue weighted by Gasteiger charge is -2.37. The maximum Gasteiger partial charge on any atom is 0.265 e. The normalized spacial score (nSPS) is 16.7. The van der Waals surface area contributed by atoms with Gasteiger partial charge in [-0.05, 0) is 49.2 Å². The van der Waals surface area contributed by atoms with Crippen molar-refractivity contribution in [3.63, 3.8) is 0 Å². The van der Waals surface area contributed by atoms with Crippen LogP contribution in [0.4, 0.5) is 15.8 Å². The number of hydrogen-bond acceptors (Lipinski definition) is 3. The van der Waals surface area contributed by atoms with E-state index in [4.69, 9.17) is 4.74 Å². The SMILES string of the molecule is O=C(COc1ccc(F)cc1)N1CCN(C2CC2)c2ccccc21. The molecule has 2 aliphatic rings. The molecule has 1 amide bonds. The van der Waals surface area contributed by atoms with Gasteiger partial charge in [0.15, 0.2) is 6.61 Å². The van der Waals surface area contributed by atoms with Crippen molar-refractivity contribution in [3.8, 4) is 5.75 Å². The van der Waals surface area contributed by atoms with Crippen molar-refractivity contribution in [2.45, 2.75) is 18.9 Å². The largest absolute Gasteiger partial charge is 0.484 e. The van der Waals surface area contributed by atoms with Crippen LogP contribution >= 0.6 is 0 Å². The summed E-state index contributed by atoms with van der Waals surface area (Å²) in [5.74, 6) is 0.0932. The van der Waals surface area contributed by atoms with Gasteiger partial charge in [0.1, 0.15) is 11.6 Å².